The number of nitrogens with one attached hydrogen (secondary N) is 1. The molecule has 28 heteroatoms. The Morgan fingerprint density at radius 1 is 0.375 bits per heavy atom. The number of alkyl halides is 2. The summed E-state index contributed by atoms with van der Waals surface area (Å²) in [6, 6.07) is 53.5. The van der Waals surface area contributed by atoms with E-state index < -0.39 is 40.7 Å². The lowest BCUT2D eigenvalue weighted by Gasteiger charge is -2.55. The standard InChI is InChI=1S/C27H30FN5O.C26H27FN4O.C24H24FN5O.C23H21F3N4O/c1-30-11-9-22(10-12-30)32-17-27(18-32)23-5-3-4-6-25(23)33(26(27)34)16-20-8-7-19(13-24(20)28)21-14-29-31(2)15-21;1-29-14-20(13-28-29)18-10-11-19(23(27)12-18)15-31-24-9-5-4-8-22(24)26(25(31)32)16-30(17-26)21-6-2-3-7-21;1-28-14-18(11-27-28)16-6-7-17(21(25)10-16)15-29-22-5-3-2-4-20(22)24(23(29)31)8-9-30(24)19-12-26-13-19;1-28-12-17(11-27-28)15-6-7-16(19(24)10-15)13-30-20-5-3-2-4-18(20)23(22(30)31)8-9-29(23)14-21(25)26/h3-8,13-15,22H,9-12,16-18H2,1-2H3;4-5,8-14,21H,2-3,6-7,15-17H2,1H3;2-7,10-11,14,19,26H,8-9,12-13,15H2,1H3;2-7,10-12,21H,8-9,13-14H2,1H3. The summed E-state index contributed by atoms with van der Waals surface area (Å²) >= 11 is 0. The number of benzene rings is 8. The Kier molecular flexibility index (Phi) is 22.0. The molecule has 8 aromatic carbocycles. The summed E-state index contributed by atoms with van der Waals surface area (Å²) in [6.07, 6.45) is 20.4. The molecule has 14 heterocycles. The minimum absolute atomic E-state index is 0.0409. The van der Waals surface area contributed by atoms with E-state index in [0.29, 0.717) is 64.6 Å². The molecule has 4 aromatic heterocycles. The van der Waals surface area contributed by atoms with Crippen LogP contribution in [0.5, 0.6) is 0 Å². The third kappa shape index (κ3) is 14.6. The molecule has 1 saturated carbocycles. The van der Waals surface area contributed by atoms with Crippen LogP contribution in [0, 0.1) is 23.3 Å². The normalized spacial score (nSPS) is 21.1. The van der Waals surface area contributed by atoms with Gasteiger partial charge in [-0.3, -0.25) is 57.5 Å². The average molecular weight is 1730 g/mol. The van der Waals surface area contributed by atoms with Crippen LogP contribution in [-0.2, 0) is 95.5 Å². The first-order valence-corrected chi connectivity index (χ1v) is 44.4. The van der Waals surface area contributed by atoms with Crippen molar-refractivity contribution < 1.29 is 45.5 Å². The number of hydrogen-bond acceptors (Lipinski definition) is 14. The van der Waals surface area contributed by atoms with Crippen molar-refractivity contribution in [1.82, 2.24) is 68.9 Å². The van der Waals surface area contributed by atoms with Gasteiger partial charge in [-0.2, -0.15) is 20.4 Å². The predicted molar refractivity (Wildman–Crippen MR) is 478 cm³/mol. The lowest BCUT2D eigenvalue weighted by molar-refractivity contribution is -0.146. The highest BCUT2D eigenvalue weighted by Gasteiger charge is 2.64. The molecule has 658 valence electrons. The van der Waals surface area contributed by atoms with Crippen LogP contribution >= 0.6 is 0 Å². The molecule has 2 atom stereocenters. The fourth-order valence-electron chi connectivity index (χ4n) is 21.7. The maximum atomic E-state index is 15.1. The highest BCUT2D eigenvalue weighted by Crippen LogP contribution is 2.56. The first-order chi connectivity index (χ1) is 62.0. The highest BCUT2D eigenvalue weighted by molar-refractivity contribution is 6.11. The molecule has 4 amide bonds. The van der Waals surface area contributed by atoms with E-state index in [1.807, 2.05) is 119 Å². The molecule has 7 fully saturated rings. The Labute approximate surface area is 739 Å². The molecule has 22 nitrogen and oxygen atoms in total. The first kappa shape index (κ1) is 84.0. The fourth-order valence-corrected chi connectivity index (χ4v) is 21.7. The van der Waals surface area contributed by atoms with Gasteiger partial charge in [-0.25, -0.2) is 26.3 Å². The monoisotopic (exact) mass is 1730 g/mol. The fraction of sp³-hybridized carbons (Fsp3) is 0.360. The van der Waals surface area contributed by atoms with E-state index in [1.54, 1.807) is 137 Å². The molecule has 10 aliphatic heterocycles. The van der Waals surface area contributed by atoms with Crippen LogP contribution in [0.15, 0.2) is 219 Å². The molecule has 128 heavy (non-hydrogen) atoms. The number of aryl methyl sites for hydroxylation is 4. The van der Waals surface area contributed by atoms with Gasteiger partial charge in [0.1, 0.15) is 45.2 Å². The number of carbonyl (C=O) groups is 4. The summed E-state index contributed by atoms with van der Waals surface area (Å²) in [5, 5.41) is 19.9. The smallest absolute Gasteiger partial charge is 0.252 e. The van der Waals surface area contributed by atoms with E-state index >= 15 is 13.2 Å². The predicted octanol–water partition coefficient (Wildman–Crippen LogP) is 14.3. The van der Waals surface area contributed by atoms with E-state index in [2.05, 4.69) is 70.6 Å². The van der Waals surface area contributed by atoms with Gasteiger partial charge >= 0.3 is 0 Å². The van der Waals surface area contributed by atoms with E-state index in [1.165, 1.54) is 42.7 Å². The lowest BCUT2D eigenvalue weighted by Crippen LogP contribution is -2.71. The van der Waals surface area contributed by atoms with E-state index in [9.17, 15) is 32.3 Å². The van der Waals surface area contributed by atoms with Crippen molar-refractivity contribution in [2.45, 2.75) is 124 Å². The molecular formula is C100H102F6N18O4. The first-order valence-electron chi connectivity index (χ1n) is 44.4. The SMILES string of the molecule is CN1CCC(N2CC3(C2)C(=O)N(Cc2ccc(-c4cnn(C)c4)cc2F)c2ccccc23)CC1.Cn1cc(-c2ccc(CN3C(=O)C4(CCN4C4CNC4)c4ccccc43)c(F)c2)cn1.Cn1cc(-c2ccc(CN3C(=O)C4(CCN4CC(F)F)c4ccccc43)c(F)c2)cn1.Cn1cc(-c2ccc(CN3C(=O)C4(CN(C5CCCC5)C4)c4ccccc43)c(F)c2)cn1. The van der Waals surface area contributed by atoms with Gasteiger partial charge in [0.05, 0.1) is 57.5 Å². The second kappa shape index (κ2) is 33.5. The number of aromatic nitrogens is 8. The van der Waals surface area contributed by atoms with Crippen LogP contribution in [0.4, 0.5) is 49.1 Å². The summed E-state index contributed by atoms with van der Waals surface area (Å²) in [6.45, 7) is 8.81. The molecule has 23 rings (SSSR count). The van der Waals surface area contributed by atoms with Crippen LogP contribution in [0.1, 0.15) is 95.9 Å². The molecule has 11 aliphatic rings. The largest absolute Gasteiger partial charge is 0.314 e. The molecule has 0 bridgehead atoms. The van der Waals surface area contributed by atoms with Gasteiger partial charge in [-0.05, 0) is 141 Å². The van der Waals surface area contributed by atoms with Crippen molar-refractivity contribution in [1.29, 1.82) is 0 Å². The van der Waals surface area contributed by atoms with Crippen molar-refractivity contribution in [3.63, 3.8) is 0 Å². The number of carbonyl (C=O) groups excluding carboxylic acids is 4. The number of fused-ring (bicyclic) bond motifs is 8. The summed E-state index contributed by atoms with van der Waals surface area (Å²) < 4.78 is 93.2. The van der Waals surface area contributed by atoms with Gasteiger partial charge in [0.2, 0.25) is 11.8 Å². The molecule has 4 spiro atoms. The second-order valence-electron chi connectivity index (χ2n) is 36.5. The Bertz CT molecular complexity index is 6270. The Morgan fingerprint density at radius 3 is 1.02 bits per heavy atom. The van der Waals surface area contributed by atoms with Crippen molar-refractivity contribution in [3.8, 4) is 44.5 Å². The van der Waals surface area contributed by atoms with Gasteiger partial charge in [-0.1, -0.05) is 134 Å². The number of hydrogen-bond donors (Lipinski definition) is 1. The van der Waals surface area contributed by atoms with E-state index in [4.69, 9.17) is 0 Å². The van der Waals surface area contributed by atoms with E-state index in [-0.39, 0.29) is 67.3 Å². The van der Waals surface area contributed by atoms with Gasteiger partial charge in [0, 0.05) is 202 Å². The van der Waals surface area contributed by atoms with Crippen LogP contribution in [0.25, 0.3) is 44.5 Å². The number of para-hydroxylation sites is 4. The number of rotatable bonds is 17. The van der Waals surface area contributed by atoms with Gasteiger partial charge in [0.15, 0.2) is 0 Å². The van der Waals surface area contributed by atoms with Crippen LogP contribution in [0.2, 0.25) is 0 Å². The summed E-state index contributed by atoms with van der Waals surface area (Å²) in [7, 11) is 9.48. The molecular weight excluding hydrogens is 1630 g/mol. The molecule has 12 aromatic rings. The Hall–Kier alpha value is -12.2. The lowest BCUT2D eigenvalue weighted by atomic mass is 9.73. The van der Waals surface area contributed by atoms with Crippen LogP contribution in [-0.4, -0.2) is 191 Å². The van der Waals surface area contributed by atoms with Crippen LogP contribution < -0.4 is 24.9 Å². The van der Waals surface area contributed by atoms with Crippen molar-refractivity contribution in [2.75, 3.05) is 98.6 Å². The number of nitrogens with zero attached hydrogens (tertiary/aromatic N) is 17. The quantitative estimate of drug-likeness (QED) is 0.0850. The Morgan fingerprint density at radius 2 is 0.703 bits per heavy atom. The zero-order valence-corrected chi connectivity index (χ0v) is 72.4. The molecule has 6 saturated heterocycles. The molecule has 2 unspecified atom stereocenters. The summed E-state index contributed by atoms with van der Waals surface area (Å²) in [4.78, 5) is 72.8. The molecule has 1 N–H and O–H groups in total. The van der Waals surface area contributed by atoms with Crippen LogP contribution in [0.3, 0.4) is 0 Å². The van der Waals surface area contributed by atoms with Crippen molar-refractivity contribution >= 4 is 46.4 Å². The number of anilines is 4. The number of amides is 4. The average Bonchev–Trinajstić information content (AvgIpc) is 1.53. The minimum atomic E-state index is -2.52. The van der Waals surface area contributed by atoms with Gasteiger partial charge in [0.25, 0.3) is 18.2 Å². The second-order valence-corrected chi connectivity index (χ2v) is 36.5. The molecule has 0 radical (unpaired) electrons. The molecule has 1 aliphatic carbocycles. The minimum Gasteiger partial charge on any atom is -0.314 e. The third-order valence-electron chi connectivity index (χ3n) is 28.9. The third-order valence-corrected chi connectivity index (χ3v) is 28.9. The zero-order chi connectivity index (χ0) is 88.2. The zero-order valence-electron chi connectivity index (χ0n) is 72.4. The number of likely N-dealkylation sites (tertiary alicyclic amines) is 5. The number of halogens is 6. The maximum absolute atomic E-state index is 15.1. The maximum Gasteiger partial charge on any atom is 0.252 e. The van der Waals surface area contributed by atoms with Gasteiger partial charge in [-0.15, -0.1) is 0 Å². The topological polar surface area (TPSA) is 181 Å². The van der Waals surface area contributed by atoms with Crippen molar-refractivity contribution in [2.24, 2.45) is 28.2 Å². The highest BCUT2D eigenvalue weighted by atomic mass is 19.3. The Balaban J connectivity index is 0.000000107. The summed E-state index contributed by atoms with van der Waals surface area (Å²) in [5.41, 5.74) is 13.2. The summed E-state index contributed by atoms with van der Waals surface area (Å²) in [5.74, 6) is -1.30. The van der Waals surface area contributed by atoms with E-state index in [0.717, 1.165) is 156 Å². The van der Waals surface area contributed by atoms with Crippen molar-refractivity contribution in [3.05, 3.63) is 287 Å². The number of piperidine rings is 1. The van der Waals surface area contributed by atoms with Gasteiger partial charge < -0.3 is 29.8 Å².